The van der Waals surface area contributed by atoms with Crippen LogP contribution in [0.15, 0.2) is 23.8 Å². The van der Waals surface area contributed by atoms with Gasteiger partial charge in [-0.3, -0.25) is 4.79 Å². The highest BCUT2D eigenvalue weighted by Gasteiger charge is 2.23. The van der Waals surface area contributed by atoms with Crippen LogP contribution in [0.4, 0.5) is 4.79 Å². The molecule has 0 spiro atoms. The van der Waals surface area contributed by atoms with Gasteiger partial charge < -0.3 is 10.1 Å². The van der Waals surface area contributed by atoms with E-state index in [0.29, 0.717) is 19.3 Å². The predicted octanol–water partition coefficient (Wildman–Crippen LogP) is 2.75. The fourth-order valence-corrected chi connectivity index (χ4v) is 1.82. The summed E-state index contributed by atoms with van der Waals surface area (Å²) in [6, 6.07) is 0. The molecule has 1 aliphatic carbocycles. The summed E-state index contributed by atoms with van der Waals surface area (Å²) < 4.78 is 5.13. The summed E-state index contributed by atoms with van der Waals surface area (Å²) in [7, 11) is 0. The van der Waals surface area contributed by atoms with Crippen LogP contribution in [0.2, 0.25) is 0 Å². The summed E-state index contributed by atoms with van der Waals surface area (Å²) in [5.74, 6) is 0.143. The zero-order valence-electron chi connectivity index (χ0n) is 11.3. The number of amides is 1. The van der Waals surface area contributed by atoms with E-state index in [4.69, 9.17) is 4.74 Å². The second-order valence-electron chi connectivity index (χ2n) is 5.45. The molecule has 4 heteroatoms. The molecule has 0 bridgehead atoms. The third kappa shape index (κ3) is 4.35. The van der Waals surface area contributed by atoms with Gasteiger partial charge in [0.05, 0.1) is 0 Å². The quantitative estimate of drug-likeness (QED) is 0.782. The van der Waals surface area contributed by atoms with Gasteiger partial charge in [0.15, 0.2) is 5.78 Å². The van der Waals surface area contributed by atoms with Gasteiger partial charge in [-0.15, -0.1) is 6.58 Å². The summed E-state index contributed by atoms with van der Waals surface area (Å²) in [6.07, 6.45) is 3.01. The van der Waals surface area contributed by atoms with Crippen LogP contribution in [-0.4, -0.2) is 24.0 Å². The van der Waals surface area contributed by atoms with Crippen LogP contribution in [0.5, 0.6) is 0 Å². The first-order valence-electron chi connectivity index (χ1n) is 6.13. The van der Waals surface area contributed by atoms with Crippen molar-refractivity contribution < 1.29 is 14.3 Å². The second kappa shape index (κ2) is 5.85. The lowest BCUT2D eigenvalue weighted by atomic mass is 10.1. The minimum atomic E-state index is -0.452. The average Bonchev–Trinajstić information content (AvgIpc) is 2.56. The molecule has 0 unspecified atom stereocenters. The number of ether oxygens (including phenoxy) is 1. The third-order valence-electron chi connectivity index (χ3n) is 2.62. The SMILES string of the molecule is C=CCC1=C(COC(=O)NC(C)(C)C)CCC1=O. The van der Waals surface area contributed by atoms with E-state index in [1.54, 1.807) is 6.08 Å². The monoisotopic (exact) mass is 251 g/mol. The molecule has 4 nitrogen and oxygen atoms in total. The number of hydrogen-bond donors (Lipinski definition) is 1. The van der Waals surface area contributed by atoms with Crippen molar-refractivity contribution in [3.63, 3.8) is 0 Å². The summed E-state index contributed by atoms with van der Waals surface area (Å²) in [5.41, 5.74) is 1.36. The number of nitrogens with one attached hydrogen (secondary N) is 1. The van der Waals surface area contributed by atoms with E-state index in [-0.39, 0.29) is 17.9 Å². The van der Waals surface area contributed by atoms with Crippen LogP contribution >= 0.6 is 0 Å². The summed E-state index contributed by atoms with van der Waals surface area (Å²) in [4.78, 5) is 23.1. The highest BCUT2D eigenvalue weighted by molar-refractivity contribution is 5.99. The lowest BCUT2D eigenvalue weighted by Gasteiger charge is -2.20. The highest BCUT2D eigenvalue weighted by atomic mass is 16.5. The van der Waals surface area contributed by atoms with E-state index >= 15 is 0 Å². The van der Waals surface area contributed by atoms with E-state index in [2.05, 4.69) is 11.9 Å². The van der Waals surface area contributed by atoms with Crippen molar-refractivity contribution in [2.75, 3.05) is 6.61 Å². The molecule has 0 aliphatic heterocycles. The standard InChI is InChI=1S/C14H21NO3/c1-5-6-11-10(7-8-12(11)16)9-18-13(17)15-14(2,3)4/h5H,1,6-9H2,2-4H3,(H,15,17). The Balaban J connectivity index is 2.54. The summed E-state index contributed by atoms with van der Waals surface area (Å²) >= 11 is 0. The largest absolute Gasteiger partial charge is 0.445 e. The van der Waals surface area contributed by atoms with Crippen molar-refractivity contribution in [3.8, 4) is 0 Å². The van der Waals surface area contributed by atoms with Gasteiger partial charge in [0, 0.05) is 17.5 Å². The molecular weight excluding hydrogens is 230 g/mol. The molecule has 0 aromatic heterocycles. The zero-order valence-corrected chi connectivity index (χ0v) is 11.3. The van der Waals surface area contributed by atoms with Crippen LogP contribution in [0.1, 0.15) is 40.0 Å². The number of allylic oxidation sites excluding steroid dienone is 2. The van der Waals surface area contributed by atoms with Crippen LogP contribution < -0.4 is 5.32 Å². The molecule has 0 radical (unpaired) electrons. The van der Waals surface area contributed by atoms with Gasteiger partial charge in [0.25, 0.3) is 0 Å². The first-order valence-corrected chi connectivity index (χ1v) is 6.13. The summed E-state index contributed by atoms with van der Waals surface area (Å²) in [5, 5.41) is 2.71. The number of carbonyl (C=O) groups is 2. The first-order chi connectivity index (χ1) is 8.33. The molecular formula is C14H21NO3. The molecule has 0 aromatic carbocycles. The minimum absolute atomic E-state index is 0.143. The van der Waals surface area contributed by atoms with Gasteiger partial charge in [-0.05, 0) is 39.2 Å². The van der Waals surface area contributed by atoms with Crippen molar-refractivity contribution in [3.05, 3.63) is 23.8 Å². The fourth-order valence-electron chi connectivity index (χ4n) is 1.82. The topological polar surface area (TPSA) is 55.4 Å². The van der Waals surface area contributed by atoms with Gasteiger partial charge in [0.1, 0.15) is 6.61 Å². The predicted molar refractivity (Wildman–Crippen MR) is 70.3 cm³/mol. The van der Waals surface area contributed by atoms with Crippen molar-refractivity contribution >= 4 is 11.9 Å². The second-order valence-corrected chi connectivity index (χ2v) is 5.45. The zero-order chi connectivity index (χ0) is 13.8. The first kappa shape index (κ1) is 14.5. The van der Waals surface area contributed by atoms with Gasteiger partial charge in [-0.2, -0.15) is 0 Å². The number of hydrogen-bond acceptors (Lipinski definition) is 3. The number of ketones is 1. The van der Waals surface area contributed by atoms with Gasteiger partial charge in [-0.25, -0.2) is 4.79 Å². The molecule has 0 heterocycles. The Bertz CT molecular complexity index is 388. The van der Waals surface area contributed by atoms with Crippen LogP contribution in [0.25, 0.3) is 0 Å². The molecule has 1 rings (SSSR count). The molecule has 1 N–H and O–H groups in total. The van der Waals surface area contributed by atoms with Crippen molar-refractivity contribution in [2.45, 2.75) is 45.6 Å². The number of Topliss-reactive ketones (excluding diaryl/α,β-unsaturated/α-hetero) is 1. The molecule has 0 saturated heterocycles. The molecule has 0 atom stereocenters. The maximum Gasteiger partial charge on any atom is 0.407 e. The summed E-state index contributed by atoms with van der Waals surface area (Å²) in [6.45, 7) is 9.48. The van der Waals surface area contributed by atoms with E-state index in [9.17, 15) is 9.59 Å². The van der Waals surface area contributed by atoms with Gasteiger partial charge >= 0.3 is 6.09 Å². The molecule has 100 valence electrons. The molecule has 1 aliphatic rings. The maximum absolute atomic E-state index is 11.6. The van der Waals surface area contributed by atoms with Gasteiger partial charge in [0.2, 0.25) is 0 Å². The van der Waals surface area contributed by atoms with E-state index in [0.717, 1.165) is 11.1 Å². The Hall–Kier alpha value is -1.58. The smallest absolute Gasteiger partial charge is 0.407 e. The minimum Gasteiger partial charge on any atom is -0.445 e. The molecule has 0 saturated carbocycles. The lowest BCUT2D eigenvalue weighted by molar-refractivity contribution is -0.115. The Kier molecular flexibility index (Phi) is 4.70. The van der Waals surface area contributed by atoms with Crippen molar-refractivity contribution in [1.29, 1.82) is 0 Å². The Morgan fingerprint density at radius 1 is 1.44 bits per heavy atom. The molecule has 0 fully saturated rings. The van der Waals surface area contributed by atoms with Crippen LogP contribution in [0, 0.1) is 0 Å². The van der Waals surface area contributed by atoms with Crippen LogP contribution in [-0.2, 0) is 9.53 Å². The maximum atomic E-state index is 11.6. The van der Waals surface area contributed by atoms with Crippen LogP contribution in [0.3, 0.4) is 0 Å². The molecule has 1 amide bonds. The number of rotatable bonds is 4. The molecule has 0 aromatic rings. The Morgan fingerprint density at radius 2 is 2.11 bits per heavy atom. The Morgan fingerprint density at radius 3 is 2.67 bits per heavy atom. The number of carbonyl (C=O) groups excluding carboxylic acids is 2. The van der Waals surface area contributed by atoms with Gasteiger partial charge in [-0.1, -0.05) is 6.08 Å². The highest BCUT2D eigenvalue weighted by Crippen LogP contribution is 2.25. The van der Waals surface area contributed by atoms with E-state index in [1.165, 1.54) is 0 Å². The van der Waals surface area contributed by atoms with Crippen molar-refractivity contribution in [1.82, 2.24) is 5.32 Å². The normalized spacial score (nSPS) is 15.8. The van der Waals surface area contributed by atoms with E-state index in [1.807, 2.05) is 20.8 Å². The average molecular weight is 251 g/mol. The Labute approximate surface area is 108 Å². The third-order valence-corrected chi connectivity index (χ3v) is 2.62. The lowest BCUT2D eigenvalue weighted by Crippen LogP contribution is -2.41. The molecule has 18 heavy (non-hydrogen) atoms. The van der Waals surface area contributed by atoms with E-state index < -0.39 is 6.09 Å². The fraction of sp³-hybridized carbons (Fsp3) is 0.571. The van der Waals surface area contributed by atoms with Crippen molar-refractivity contribution in [2.24, 2.45) is 0 Å². The number of alkyl carbamates (subject to hydrolysis) is 1.